The molecule has 0 aliphatic heterocycles. The van der Waals surface area contributed by atoms with Crippen molar-refractivity contribution in [3.63, 3.8) is 0 Å². The Balaban J connectivity index is 1.85. The lowest BCUT2D eigenvalue weighted by atomic mass is 10.1. The number of aryl methyl sites for hydroxylation is 1. The molecule has 0 radical (unpaired) electrons. The Bertz CT molecular complexity index is 534. The van der Waals surface area contributed by atoms with Gasteiger partial charge in [0.15, 0.2) is 11.5 Å². The van der Waals surface area contributed by atoms with E-state index in [1.807, 2.05) is 25.1 Å². The van der Waals surface area contributed by atoms with E-state index in [4.69, 9.17) is 10.2 Å². The molecule has 17 heavy (non-hydrogen) atoms. The summed E-state index contributed by atoms with van der Waals surface area (Å²) in [5.41, 5.74) is 8.85. The van der Waals surface area contributed by atoms with Gasteiger partial charge < -0.3 is 15.5 Å². The van der Waals surface area contributed by atoms with Crippen LogP contribution in [0, 0.1) is 6.92 Å². The van der Waals surface area contributed by atoms with Crippen LogP contribution in [0.5, 0.6) is 0 Å². The van der Waals surface area contributed by atoms with Gasteiger partial charge in [-0.1, -0.05) is 0 Å². The topological polar surface area (TPSA) is 64.1 Å². The SMILES string of the molecule is Cc1nc2ccc(NC3CCCC3N)cc2o1. The lowest BCUT2D eigenvalue weighted by Crippen LogP contribution is -2.35. The number of anilines is 1. The molecule has 1 aromatic carbocycles. The number of hydrogen-bond acceptors (Lipinski definition) is 4. The van der Waals surface area contributed by atoms with Crippen LogP contribution in [-0.4, -0.2) is 17.1 Å². The van der Waals surface area contributed by atoms with Crippen molar-refractivity contribution in [2.45, 2.75) is 38.3 Å². The summed E-state index contributed by atoms with van der Waals surface area (Å²) in [6.07, 6.45) is 3.47. The van der Waals surface area contributed by atoms with Crippen LogP contribution in [0.2, 0.25) is 0 Å². The summed E-state index contributed by atoms with van der Waals surface area (Å²) in [5, 5.41) is 3.48. The summed E-state index contributed by atoms with van der Waals surface area (Å²) in [6, 6.07) is 6.67. The number of hydrogen-bond donors (Lipinski definition) is 2. The van der Waals surface area contributed by atoms with Crippen molar-refractivity contribution < 1.29 is 4.42 Å². The second kappa shape index (κ2) is 4.04. The fraction of sp³-hybridized carbons (Fsp3) is 0.462. The van der Waals surface area contributed by atoms with Gasteiger partial charge in [0.25, 0.3) is 0 Å². The van der Waals surface area contributed by atoms with Gasteiger partial charge in [0.1, 0.15) is 5.52 Å². The minimum absolute atomic E-state index is 0.266. The Kier molecular flexibility index (Phi) is 2.52. The highest BCUT2D eigenvalue weighted by molar-refractivity contribution is 5.77. The second-order valence-electron chi connectivity index (χ2n) is 4.76. The van der Waals surface area contributed by atoms with E-state index < -0.39 is 0 Å². The van der Waals surface area contributed by atoms with Gasteiger partial charge in [-0.3, -0.25) is 0 Å². The molecule has 4 nitrogen and oxygen atoms in total. The van der Waals surface area contributed by atoms with Crippen molar-refractivity contribution >= 4 is 16.8 Å². The molecular formula is C13H17N3O. The average Bonchev–Trinajstić information content (AvgIpc) is 2.84. The normalized spacial score (nSPS) is 24.4. The van der Waals surface area contributed by atoms with Gasteiger partial charge in [0.05, 0.1) is 0 Å². The molecule has 3 N–H and O–H groups in total. The van der Waals surface area contributed by atoms with Gasteiger partial charge in [0, 0.05) is 30.8 Å². The van der Waals surface area contributed by atoms with Crippen LogP contribution in [0.3, 0.4) is 0 Å². The Hall–Kier alpha value is -1.55. The maximum absolute atomic E-state index is 6.05. The number of benzene rings is 1. The molecule has 0 saturated heterocycles. The van der Waals surface area contributed by atoms with Crippen LogP contribution in [0.4, 0.5) is 5.69 Å². The third-order valence-electron chi connectivity index (χ3n) is 3.42. The van der Waals surface area contributed by atoms with Crippen molar-refractivity contribution in [2.75, 3.05) is 5.32 Å². The largest absolute Gasteiger partial charge is 0.441 e. The number of nitrogens with zero attached hydrogens (tertiary/aromatic N) is 1. The zero-order chi connectivity index (χ0) is 11.8. The molecule has 1 fully saturated rings. The lowest BCUT2D eigenvalue weighted by molar-refractivity contribution is 0.561. The van der Waals surface area contributed by atoms with Crippen LogP contribution in [-0.2, 0) is 0 Å². The predicted molar refractivity (Wildman–Crippen MR) is 68.0 cm³/mol. The minimum Gasteiger partial charge on any atom is -0.441 e. The van der Waals surface area contributed by atoms with Gasteiger partial charge >= 0.3 is 0 Å². The molecule has 0 spiro atoms. The number of aromatic nitrogens is 1. The number of nitrogens with one attached hydrogen (secondary N) is 1. The van der Waals surface area contributed by atoms with Gasteiger partial charge in [-0.05, 0) is 31.4 Å². The highest BCUT2D eigenvalue weighted by Gasteiger charge is 2.23. The summed E-state index contributed by atoms with van der Waals surface area (Å²) in [4.78, 5) is 4.28. The summed E-state index contributed by atoms with van der Waals surface area (Å²) >= 11 is 0. The standard InChI is InChI=1S/C13H17N3O/c1-8-15-12-6-5-9(7-13(12)17-8)16-11-4-2-3-10(11)14/h5-7,10-11,16H,2-4,14H2,1H3. The second-order valence-corrected chi connectivity index (χ2v) is 4.76. The molecule has 2 aromatic rings. The predicted octanol–water partition coefficient (Wildman–Crippen LogP) is 2.43. The van der Waals surface area contributed by atoms with E-state index in [1.165, 1.54) is 6.42 Å². The van der Waals surface area contributed by atoms with Gasteiger partial charge in [0.2, 0.25) is 0 Å². The first-order valence-corrected chi connectivity index (χ1v) is 6.12. The monoisotopic (exact) mass is 231 g/mol. The first-order chi connectivity index (χ1) is 8.22. The summed E-state index contributed by atoms with van der Waals surface area (Å²) in [7, 11) is 0. The molecule has 0 amide bonds. The van der Waals surface area contributed by atoms with E-state index >= 15 is 0 Å². The maximum atomic E-state index is 6.05. The molecular weight excluding hydrogens is 214 g/mol. The summed E-state index contributed by atoms with van der Waals surface area (Å²) < 4.78 is 5.52. The van der Waals surface area contributed by atoms with Crippen LogP contribution in [0.25, 0.3) is 11.1 Å². The first kappa shape index (κ1) is 10.6. The van der Waals surface area contributed by atoms with Crippen LogP contribution < -0.4 is 11.1 Å². The smallest absolute Gasteiger partial charge is 0.192 e. The maximum Gasteiger partial charge on any atom is 0.192 e. The Morgan fingerprint density at radius 1 is 1.41 bits per heavy atom. The van der Waals surface area contributed by atoms with E-state index in [1.54, 1.807) is 0 Å². The Morgan fingerprint density at radius 2 is 2.29 bits per heavy atom. The summed E-state index contributed by atoms with van der Waals surface area (Å²) in [5.74, 6) is 0.703. The van der Waals surface area contributed by atoms with Crippen molar-refractivity contribution in [3.05, 3.63) is 24.1 Å². The van der Waals surface area contributed by atoms with E-state index in [9.17, 15) is 0 Å². The van der Waals surface area contributed by atoms with E-state index in [0.717, 1.165) is 29.6 Å². The van der Waals surface area contributed by atoms with Crippen LogP contribution in [0.1, 0.15) is 25.2 Å². The van der Waals surface area contributed by atoms with Gasteiger partial charge in [-0.15, -0.1) is 0 Å². The molecule has 2 atom stereocenters. The molecule has 3 rings (SSSR count). The molecule has 1 aliphatic carbocycles. The van der Waals surface area contributed by atoms with E-state index in [-0.39, 0.29) is 6.04 Å². The fourth-order valence-electron chi connectivity index (χ4n) is 2.51. The number of fused-ring (bicyclic) bond motifs is 1. The number of oxazole rings is 1. The number of nitrogens with two attached hydrogens (primary N) is 1. The van der Waals surface area contributed by atoms with Gasteiger partial charge in [-0.2, -0.15) is 0 Å². The lowest BCUT2D eigenvalue weighted by Gasteiger charge is -2.18. The van der Waals surface area contributed by atoms with Crippen LogP contribution in [0.15, 0.2) is 22.6 Å². The Morgan fingerprint density at radius 3 is 3.06 bits per heavy atom. The third kappa shape index (κ3) is 2.00. The fourth-order valence-corrected chi connectivity index (χ4v) is 2.51. The highest BCUT2D eigenvalue weighted by atomic mass is 16.3. The number of rotatable bonds is 2. The van der Waals surface area contributed by atoms with Crippen molar-refractivity contribution in [2.24, 2.45) is 5.73 Å². The Labute approximate surface area is 100 Å². The molecule has 1 saturated carbocycles. The quantitative estimate of drug-likeness (QED) is 0.833. The van der Waals surface area contributed by atoms with E-state index in [0.29, 0.717) is 11.9 Å². The zero-order valence-electron chi connectivity index (χ0n) is 9.94. The molecule has 1 aliphatic rings. The van der Waals surface area contributed by atoms with Gasteiger partial charge in [-0.25, -0.2) is 4.98 Å². The molecule has 1 heterocycles. The average molecular weight is 231 g/mol. The van der Waals surface area contributed by atoms with Crippen molar-refractivity contribution in [1.82, 2.24) is 4.98 Å². The molecule has 1 aromatic heterocycles. The highest BCUT2D eigenvalue weighted by Crippen LogP contribution is 2.24. The molecule has 0 bridgehead atoms. The zero-order valence-corrected chi connectivity index (χ0v) is 9.94. The van der Waals surface area contributed by atoms with Crippen molar-refractivity contribution in [3.8, 4) is 0 Å². The van der Waals surface area contributed by atoms with E-state index in [2.05, 4.69) is 10.3 Å². The molecule has 4 heteroatoms. The summed E-state index contributed by atoms with van der Waals surface area (Å²) in [6.45, 7) is 1.86. The molecule has 90 valence electrons. The van der Waals surface area contributed by atoms with Crippen molar-refractivity contribution in [1.29, 1.82) is 0 Å². The van der Waals surface area contributed by atoms with Crippen LogP contribution >= 0.6 is 0 Å². The minimum atomic E-state index is 0.266. The third-order valence-corrected chi connectivity index (χ3v) is 3.42. The first-order valence-electron chi connectivity index (χ1n) is 6.12. The molecule has 2 unspecified atom stereocenters.